The highest BCUT2D eigenvalue weighted by Gasteiger charge is 2.24. The van der Waals surface area contributed by atoms with Crippen molar-refractivity contribution in [3.8, 4) is 6.07 Å². The lowest BCUT2D eigenvalue weighted by molar-refractivity contribution is -0.118. The molecule has 1 aliphatic rings. The van der Waals surface area contributed by atoms with Gasteiger partial charge in [-0.05, 0) is 44.7 Å². The maximum absolute atomic E-state index is 11.0. The van der Waals surface area contributed by atoms with Crippen LogP contribution in [0.2, 0.25) is 0 Å². The minimum absolute atomic E-state index is 0.191. The first-order valence-electron chi connectivity index (χ1n) is 6.41. The Morgan fingerprint density at radius 1 is 1.58 bits per heavy atom. The van der Waals surface area contributed by atoms with Gasteiger partial charge in [0.25, 0.3) is 0 Å². The zero-order valence-corrected chi connectivity index (χ0v) is 11.3. The number of carbonyl (C=O) groups is 1. The van der Waals surface area contributed by atoms with Crippen molar-refractivity contribution in [3.05, 3.63) is 22.9 Å². The molecule has 1 heterocycles. The normalized spacial score (nSPS) is 13.7. The summed E-state index contributed by atoms with van der Waals surface area (Å²) in [6.45, 7) is 3.74. The SMILES string of the molecule is CC(C)(CC(N)=O)Nc1nc2c(cc1C#N)CCC2. The Kier molecular flexibility index (Phi) is 3.43. The molecule has 19 heavy (non-hydrogen) atoms. The van der Waals surface area contributed by atoms with Crippen molar-refractivity contribution in [2.75, 3.05) is 5.32 Å². The molecule has 100 valence electrons. The molecule has 1 aliphatic carbocycles. The highest BCUT2D eigenvalue weighted by molar-refractivity contribution is 5.75. The van der Waals surface area contributed by atoms with Crippen LogP contribution < -0.4 is 11.1 Å². The molecule has 0 fully saturated rings. The van der Waals surface area contributed by atoms with E-state index in [9.17, 15) is 10.1 Å². The van der Waals surface area contributed by atoms with Gasteiger partial charge in [0.1, 0.15) is 11.9 Å². The monoisotopic (exact) mass is 258 g/mol. The van der Waals surface area contributed by atoms with Crippen molar-refractivity contribution < 1.29 is 4.79 Å². The number of nitrogens with two attached hydrogens (primary N) is 1. The number of aryl methyl sites for hydroxylation is 2. The van der Waals surface area contributed by atoms with Crippen LogP contribution in [0.4, 0.5) is 5.82 Å². The Morgan fingerprint density at radius 2 is 2.32 bits per heavy atom. The Morgan fingerprint density at radius 3 is 2.95 bits per heavy atom. The molecule has 0 unspecified atom stereocenters. The van der Waals surface area contributed by atoms with Crippen molar-refractivity contribution in [1.82, 2.24) is 4.98 Å². The molecule has 0 saturated carbocycles. The van der Waals surface area contributed by atoms with E-state index in [2.05, 4.69) is 16.4 Å². The topological polar surface area (TPSA) is 91.8 Å². The number of aromatic nitrogens is 1. The zero-order chi connectivity index (χ0) is 14.0. The molecule has 0 spiro atoms. The lowest BCUT2D eigenvalue weighted by Gasteiger charge is -2.26. The summed E-state index contributed by atoms with van der Waals surface area (Å²) in [5.41, 5.74) is 7.45. The van der Waals surface area contributed by atoms with E-state index in [-0.39, 0.29) is 12.3 Å². The van der Waals surface area contributed by atoms with E-state index in [1.165, 1.54) is 0 Å². The molecule has 2 rings (SSSR count). The number of fused-ring (bicyclic) bond motifs is 1. The van der Waals surface area contributed by atoms with E-state index in [4.69, 9.17) is 5.73 Å². The number of nitrogens with one attached hydrogen (secondary N) is 1. The van der Waals surface area contributed by atoms with Gasteiger partial charge in [0.05, 0.1) is 5.56 Å². The predicted octanol–water partition coefficient (Wildman–Crippen LogP) is 1.51. The minimum Gasteiger partial charge on any atom is -0.370 e. The molecular weight excluding hydrogens is 240 g/mol. The van der Waals surface area contributed by atoms with E-state index < -0.39 is 5.54 Å². The molecule has 0 saturated heterocycles. The van der Waals surface area contributed by atoms with Crippen LogP contribution in [0.1, 0.15) is 43.5 Å². The third-order valence-corrected chi connectivity index (χ3v) is 3.24. The van der Waals surface area contributed by atoms with Gasteiger partial charge in [0.15, 0.2) is 0 Å². The van der Waals surface area contributed by atoms with Crippen LogP contribution in [-0.2, 0) is 17.6 Å². The van der Waals surface area contributed by atoms with Gasteiger partial charge in [-0.3, -0.25) is 4.79 Å². The number of anilines is 1. The van der Waals surface area contributed by atoms with E-state index in [1.54, 1.807) is 0 Å². The second kappa shape index (κ2) is 4.88. The second-order valence-corrected chi connectivity index (χ2v) is 5.61. The summed E-state index contributed by atoms with van der Waals surface area (Å²) in [7, 11) is 0. The van der Waals surface area contributed by atoms with Crippen LogP contribution in [0.5, 0.6) is 0 Å². The molecule has 0 bridgehead atoms. The van der Waals surface area contributed by atoms with Gasteiger partial charge in [-0.15, -0.1) is 0 Å². The molecule has 0 aliphatic heterocycles. The molecule has 5 nitrogen and oxygen atoms in total. The fraction of sp³-hybridized carbons (Fsp3) is 0.500. The standard InChI is InChI=1S/C14H18N4O/c1-14(2,7-12(16)19)18-13-10(8-15)6-9-4-3-5-11(9)17-13/h6H,3-5,7H2,1-2H3,(H2,16,19)(H,17,18). The van der Waals surface area contributed by atoms with Crippen molar-refractivity contribution in [3.63, 3.8) is 0 Å². The molecule has 1 aromatic heterocycles. The third kappa shape index (κ3) is 3.02. The summed E-state index contributed by atoms with van der Waals surface area (Å²) in [6.07, 6.45) is 3.21. The maximum atomic E-state index is 11.0. The van der Waals surface area contributed by atoms with Gasteiger partial charge in [0, 0.05) is 17.7 Å². The summed E-state index contributed by atoms with van der Waals surface area (Å²) in [5, 5.41) is 12.4. The fourth-order valence-corrected chi connectivity index (χ4v) is 2.45. The number of rotatable bonds is 4. The summed E-state index contributed by atoms with van der Waals surface area (Å²) in [5.74, 6) is 0.173. The van der Waals surface area contributed by atoms with Gasteiger partial charge in [-0.25, -0.2) is 4.98 Å². The maximum Gasteiger partial charge on any atom is 0.219 e. The van der Waals surface area contributed by atoms with E-state index in [0.717, 1.165) is 30.5 Å². The first-order chi connectivity index (χ1) is 8.91. The number of pyridine rings is 1. The van der Waals surface area contributed by atoms with Crippen LogP contribution >= 0.6 is 0 Å². The number of carbonyl (C=O) groups excluding carboxylic acids is 1. The third-order valence-electron chi connectivity index (χ3n) is 3.24. The number of hydrogen-bond acceptors (Lipinski definition) is 4. The number of hydrogen-bond donors (Lipinski definition) is 2. The van der Waals surface area contributed by atoms with Gasteiger partial charge < -0.3 is 11.1 Å². The van der Waals surface area contributed by atoms with Gasteiger partial charge in [0.2, 0.25) is 5.91 Å². The summed E-state index contributed by atoms with van der Waals surface area (Å²) >= 11 is 0. The number of nitriles is 1. The lowest BCUT2D eigenvalue weighted by atomic mass is 9.99. The highest BCUT2D eigenvalue weighted by atomic mass is 16.1. The lowest BCUT2D eigenvalue weighted by Crippen LogP contribution is -2.36. The van der Waals surface area contributed by atoms with Crippen molar-refractivity contribution in [1.29, 1.82) is 5.26 Å². The average molecular weight is 258 g/mol. The highest BCUT2D eigenvalue weighted by Crippen LogP contribution is 2.27. The van der Waals surface area contributed by atoms with Gasteiger partial charge in [-0.1, -0.05) is 0 Å². The van der Waals surface area contributed by atoms with Gasteiger partial charge >= 0.3 is 0 Å². The van der Waals surface area contributed by atoms with E-state index in [0.29, 0.717) is 11.4 Å². The molecule has 1 aromatic rings. The molecule has 0 aromatic carbocycles. The molecule has 3 N–H and O–H groups in total. The quantitative estimate of drug-likeness (QED) is 0.856. The Balaban J connectivity index is 2.30. The first kappa shape index (κ1) is 13.3. The number of amides is 1. The Hall–Kier alpha value is -2.09. The largest absolute Gasteiger partial charge is 0.370 e. The number of nitrogens with zero attached hydrogens (tertiary/aromatic N) is 2. The van der Waals surface area contributed by atoms with Crippen molar-refractivity contribution in [2.45, 2.75) is 45.1 Å². The van der Waals surface area contributed by atoms with Crippen molar-refractivity contribution in [2.24, 2.45) is 5.73 Å². The van der Waals surface area contributed by atoms with E-state index >= 15 is 0 Å². The minimum atomic E-state index is -0.517. The van der Waals surface area contributed by atoms with Crippen LogP contribution in [0, 0.1) is 11.3 Å². The van der Waals surface area contributed by atoms with Crippen molar-refractivity contribution >= 4 is 11.7 Å². The molecule has 0 radical (unpaired) electrons. The number of primary amides is 1. The summed E-state index contributed by atoms with van der Waals surface area (Å²) < 4.78 is 0. The smallest absolute Gasteiger partial charge is 0.219 e. The molecule has 0 atom stereocenters. The van der Waals surface area contributed by atoms with Crippen LogP contribution in [0.3, 0.4) is 0 Å². The zero-order valence-electron chi connectivity index (χ0n) is 11.3. The molecule has 5 heteroatoms. The second-order valence-electron chi connectivity index (χ2n) is 5.61. The van der Waals surface area contributed by atoms with Gasteiger partial charge in [-0.2, -0.15) is 5.26 Å². The Labute approximate surface area is 112 Å². The first-order valence-corrected chi connectivity index (χ1v) is 6.41. The fourth-order valence-electron chi connectivity index (χ4n) is 2.45. The average Bonchev–Trinajstić information content (AvgIpc) is 2.72. The predicted molar refractivity (Wildman–Crippen MR) is 72.5 cm³/mol. The van der Waals surface area contributed by atoms with Crippen LogP contribution in [0.15, 0.2) is 6.07 Å². The Bertz CT molecular complexity index is 557. The van der Waals surface area contributed by atoms with Crippen LogP contribution in [0.25, 0.3) is 0 Å². The summed E-state index contributed by atoms with van der Waals surface area (Å²) in [4.78, 5) is 15.6. The molecule has 1 amide bonds. The molecular formula is C14H18N4O. The van der Waals surface area contributed by atoms with E-state index in [1.807, 2.05) is 19.9 Å². The summed E-state index contributed by atoms with van der Waals surface area (Å²) in [6, 6.07) is 4.06. The van der Waals surface area contributed by atoms with Crippen LogP contribution in [-0.4, -0.2) is 16.4 Å².